The Kier molecular flexibility index (Phi) is 43.1. The molecule has 0 heterocycles. The van der Waals surface area contributed by atoms with Crippen molar-refractivity contribution in [1.29, 1.82) is 0 Å². The Hall–Kier alpha value is -6.15. The highest BCUT2D eigenvalue weighted by molar-refractivity contribution is 7.57. The molecule has 15 nitrogen and oxygen atoms in total. The third-order valence-electron chi connectivity index (χ3n) is 5.21. The summed E-state index contributed by atoms with van der Waals surface area (Å²) in [4.78, 5) is 75.0. The Morgan fingerprint density at radius 1 is 0.267 bits per heavy atom. The van der Waals surface area contributed by atoms with E-state index in [4.69, 9.17) is 24.2 Å². The fourth-order valence-electron chi connectivity index (χ4n) is 3.08. The molecule has 0 unspecified atom stereocenters. The molecule has 5 rings (SSSR count). The van der Waals surface area contributed by atoms with Gasteiger partial charge in [-0.25, -0.2) is 0 Å². The lowest BCUT2D eigenvalue weighted by Crippen LogP contribution is -3.00. The van der Waals surface area contributed by atoms with Gasteiger partial charge >= 0.3 is 0 Å². The largest absolute Gasteiger partial charge is 1.00 e. The molecule has 0 bridgehead atoms. The predicted molar refractivity (Wildman–Crippen MR) is 226 cm³/mol. The van der Waals surface area contributed by atoms with Gasteiger partial charge in [-0.1, -0.05) is 91.0 Å². The van der Waals surface area contributed by atoms with Gasteiger partial charge in [0, 0.05) is 22.3 Å². The SMILES string of the molecule is O=CN([SH2+])Oc1ccccc1.O=CN([SH2+])Oc1ccccc1.O=CN([SH2+])Oc1ccccc1.O=CN([SH2+])Oc1ccccc1.O=CN([SH2+])Oc1ccccc1.[F-].[F-].[F-].[F-].[F-]. The maximum Gasteiger partial charge on any atom is 0.293 e. The molecule has 60 heavy (non-hydrogen) atoms. The zero-order valence-electron chi connectivity index (χ0n) is 30.5. The molecular formula is C35H40F5N5O10S5. The topological polar surface area (TPSA) is 148 Å². The molecule has 0 spiro atoms. The van der Waals surface area contributed by atoms with Crippen molar-refractivity contribution < 1.29 is 71.7 Å². The summed E-state index contributed by atoms with van der Waals surface area (Å²) in [6.45, 7) is 0. The fraction of sp³-hybridized carbons (Fsp3) is 0. The summed E-state index contributed by atoms with van der Waals surface area (Å²) < 4.78 is 4.56. The summed E-state index contributed by atoms with van der Waals surface area (Å²) in [7, 11) is 0. The summed E-state index contributed by atoms with van der Waals surface area (Å²) in [5, 5.41) is 0. The van der Waals surface area contributed by atoms with Crippen LogP contribution in [-0.4, -0.2) is 54.4 Å². The minimum absolute atomic E-state index is 0. The number of hydrogen-bond donors (Lipinski definition) is 0. The van der Waals surface area contributed by atoms with Gasteiger partial charge in [-0.3, -0.25) is 24.0 Å². The Bertz CT molecular complexity index is 1460. The summed E-state index contributed by atoms with van der Waals surface area (Å²) >= 11 is 14.5. The van der Waals surface area contributed by atoms with Crippen LogP contribution in [0, 0.1) is 0 Å². The lowest BCUT2D eigenvalue weighted by atomic mass is 10.3. The molecule has 0 radical (unpaired) electrons. The molecule has 0 saturated carbocycles. The average molecular weight is 946 g/mol. The van der Waals surface area contributed by atoms with Crippen LogP contribution >= 0.6 is 0 Å². The molecule has 0 atom stereocenters. The third kappa shape index (κ3) is 32.9. The van der Waals surface area contributed by atoms with E-state index >= 15 is 0 Å². The summed E-state index contributed by atoms with van der Waals surface area (Å²) in [5.41, 5.74) is 0. The van der Waals surface area contributed by atoms with Crippen LogP contribution in [0.3, 0.4) is 0 Å². The van der Waals surface area contributed by atoms with E-state index in [0.717, 1.165) is 22.3 Å². The lowest BCUT2D eigenvalue weighted by molar-refractivity contribution is -0.127. The molecule has 0 aliphatic heterocycles. The van der Waals surface area contributed by atoms with E-state index in [2.05, 4.69) is 64.1 Å². The lowest BCUT2D eigenvalue weighted by Gasteiger charge is -2.03. The average Bonchev–Trinajstić information content (AvgIpc) is 3.23. The second kappa shape index (κ2) is 41.0. The Morgan fingerprint density at radius 2 is 0.383 bits per heavy atom. The highest BCUT2D eigenvalue weighted by Gasteiger charge is 2.03. The minimum atomic E-state index is 0. The van der Waals surface area contributed by atoms with Gasteiger partial charge in [0.2, 0.25) is 0 Å². The number of amides is 5. The number of para-hydroxylation sites is 5. The van der Waals surface area contributed by atoms with Gasteiger partial charge < -0.3 is 47.7 Å². The monoisotopic (exact) mass is 945 g/mol. The van der Waals surface area contributed by atoms with Crippen molar-refractivity contribution in [2.45, 2.75) is 0 Å². The smallest absolute Gasteiger partial charge is 0.293 e. The van der Waals surface area contributed by atoms with Crippen molar-refractivity contribution in [3.63, 3.8) is 0 Å². The first-order valence-electron chi connectivity index (χ1n) is 15.1. The molecule has 5 amide bonds. The number of hydroxylamine groups is 5. The van der Waals surface area contributed by atoms with Crippen LogP contribution in [0.25, 0.3) is 0 Å². The molecule has 0 aromatic heterocycles. The third-order valence-corrected chi connectivity index (χ3v) is 6.20. The number of carbonyl (C=O) groups is 5. The summed E-state index contributed by atoms with van der Waals surface area (Å²) in [6, 6.07) is 45.0. The van der Waals surface area contributed by atoms with Gasteiger partial charge in [-0.2, -0.15) is 0 Å². The normalized spacial score (nSPS) is 8.08. The Labute approximate surface area is 369 Å². The van der Waals surface area contributed by atoms with E-state index < -0.39 is 0 Å². The van der Waals surface area contributed by atoms with E-state index in [1.807, 2.05) is 91.0 Å². The van der Waals surface area contributed by atoms with Crippen LogP contribution in [-0.2, 0) is 88.0 Å². The summed E-state index contributed by atoms with van der Waals surface area (Å²) in [5.74, 6) is 3.03. The molecular weight excluding hydrogens is 906 g/mol. The molecule has 5 aromatic carbocycles. The molecule has 0 saturated heterocycles. The molecule has 0 fully saturated rings. The maximum absolute atomic E-state index is 10.1. The van der Waals surface area contributed by atoms with Crippen LogP contribution in [0.4, 0.5) is 0 Å². The fourth-order valence-corrected chi connectivity index (χ4v) is 3.61. The molecule has 0 aliphatic rings. The summed E-state index contributed by atoms with van der Waals surface area (Å²) in [6.07, 6.45) is 2.59. The van der Waals surface area contributed by atoms with Crippen molar-refractivity contribution in [2.24, 2.45) is 0 Å². The van der Waals surface area contributed by atoms with Crippen LogP contribution in [0.5, 0.6) is 28.7 Å². The second-order valence-electron chi connectivity index (χ2n) is 9.18. The van der Waals surface area contributed by atoms with Crippen molar-refractivity contribution >= 4 is 96.1 Å². The van der Waals surface area contributed by atoms with Crippen molar-refractivity contribution in [2.75, 3.05) is 0 Å². The quantitative estimate of drug-likeness (QED) is 0.0430. The van der Waals surface area contributed by atoms with Crippen LogP contribution < -0.4 is 47.7 Å². The number of nitrogens with zero attached hydrogens (tertiary/aromatic N) is 5. The van der Waals surface area contributed by atoms with Gasteiger partial charge in [0.15, 0.2) is 28.7 Å². The number of hydrogen-bond acceptors (Lipinski definition) is 10. The standard InChI is InChI=1S/5C7H7NO2S.5FH/c5*9-6-8(11)10-7-4-2-1-3-5-7;;;;;/h5*1-6,11H;5*1H. The minimum Gasteiger partial charge on any atom is -1.00 e. The van der Waals surface area contributed by atoms with Crippen LogP contribution in [0.1, 0.15) is 0 Å². The first-order chi connectivity index (χ1) is 26.6. The van der Waals surface area contributed by atoms with Crippen molar-refractivity contribution in [1.82, 2.24) is 22.3 Å². The number of halogens is 5. The van der Waals surface area contributed by atoms with Crippen molar-refractivity contribution in [3.05, 3.63) is 152 Å². The Balaban J connectivity index is -0.000000206. The Morgan fingerprint density at radius 3 is 0.483 bits per heavy atom. The first kappa shape index (κ1) is 63.0. The first-order valence-corrected chi connectivity index (χ1v) is 17.3. The molecule has 5 aromatic rings. The van der Waals surface area contributed by atoms with Gasteiger partial charge in [-0.15, -0.1) is 0 Å². The van der Waals surface area contributed by atoms with Crippen LogP contribution in [0.2, 0.25) is 0 Å². The van der Waals surface area contributed by atoms with E-state index in [0.29, 0.717) is 60.8 Å². The number of benzene rings is 5. The van der Waals surface area contributed by atoms with Crippen molar-refractivity contribution in [3.8, 4) is 28.7 Å². The number of rotatable bonds is 15. The van der Waals surface area contributed by atoms with E-state index in [-0.39, 0.29) is 23.5 Å². The van der Waals surface area contributed by atoms with Gasteiger partial charge in [0.1, 0.15) is 64.1 Å². The molecule has 330 valence electrons. The number of carbonyl (C=O) groups excluding carboxylic acids is 5. The highest BCUT2D eigenvalue weighted by Crippen LogP contribution is 2.11. The van der Waals surface area contributed by atoms with Gasteiger partial charge in [0.25, 0.3) is 32.1 Å². The van der Waals surface area contributed by atoms with E-state index in [1.54, 1.807) is 60.7 Å². The van der Waals surface area contributed by atoms with E-state index in [1.165, 1.54) is 0 Å². The van der Waals surface area contributed by atoms with Gasteiger partial charge in [-0.05, 0) is 60.7 Å². The zero-order valence-corrected chi connectivity index (χ0v) is 35.5. The predicted octanol–water partition coefficient (Wildman–Crippen LogP) is -13.2. The molecule has 25 heteroatoms. The second-order valence-corrected chi connectivity index (χ2v) is 11.4. The molecule has 0 N–H and O–H groups in total. The van der Waals surface area contributed by atoms with E-state index in [9.17, 15) is 24.0 Å². The molecule has 0 aliphatic carbocycles. The highest BCUT2D eigenvalue weighted by atomic mass is 32.1. The van der Waals surface area contributed by atoms with Gasteiger partial charge in [0.05, 0.1) is 0 Å². The van der Waals surface area contributed by atoms with Crippen LogP contribution in [0.15, 0.2) is 152 Å². The zero-order chi connectivity index (χ0) is 40.5. The maximum atomic E-state index is 10.1.